The Hall–Kier alpha value is -0.810. The van der Waals surface area contributed by atoms with Crippen LogP contribution < -0.4 is 10.6 Å². The summed E-state index contributed by atoms with van der Waals surface area (Å²) in [5.41, 5.74) is 0.259. The summed E-state index contributed by atoms with van der Waals surface area (Å²) in [7, 11) is 0. The maximum atomic E-state index is 11.9. The van der Waals surface area contributed by atoms with E-state index in [4.69, 9.17) is 5.11 Å². The summed E-state index contributed by atoms with van der Waals surface area (Å²) in [6, 6.07) is 0.330. The minimum Gasteiger partial charge on any atom is -0.395 e. The predicted molar refractivity (Wildman–Crippen MR) is 65.7 cm³/mol. The van der Waals surface area contributed by atoms with Gasteiger partial charge in [0, 0.05) is 32.2 Å². The summed E-state index contributed by atoms with van der Waals surface area (Å²) in [6.07, 6.45) is 1.18. The highest BCUT2D eigenvalue weighted by Crippen LogP contribution is 2.36. The molecule has 0 spiro atoms. The molecular formula is C12H23N3O2. The zero-order chi connectivity index (χ0) is 12.5. The van der Waals surface area contributed by atoms with Crippen LogP contribution in [0.3, 0.4) is 0 Å². The van der Waals surface area contributed by atoms with Gasteiger partial charge in [-0.05, 0) is 17.8 Å². The molecule has 0 radical (unpaired) electrons. The van der Waals surface area contributed by atoms with Crippen LogP contribution in [0.1, 0.15) is 20.3 Å². The highest BCUT2D eigenvalue weighted by molar-refractivity contribution is 5.74. The van der Waals surface area contributed by atoms with E-state index in [2.05, 4.69) is 24.5 Å². The number of piperidine rings is 1. The molecule has 3 heterocycles. The lowest BCUT2D eigenvalue weighted by atomic mass is 9.75. The third-order valence-corrected chi connectivity index (χ3v) is 3.97. The lowest BCUT2D eigenvalue weighted by molar-refractivity contribution is 0.159. The van der Waals surface area contributed by atoms with Gasteiger partial charge in [0.05, 0.1) is 6.61 Å². The van der Waals surface area contributed by atoms with Gasteiger partial charge in [0.15, 0.2) is 0 Å². The molecule has 3 N–H and O–H groups in total. The van der Waals surface area contributed by atoms with E-state index in [1.807, 2.05) is 4.90 Å². The summed E-state index contributed by atoms with van der Waals surface area (Å²) in [4.78, 5) is 13.8. The van der Waals surface area contributed by atoms with Crippen LogP contribution in [0.5, 0.6) is 0 Å². The predicted octanol–water partition coefficient (Wildman–Crippen LogP) is 0.00820. The molecule has 2 atom stereocenters. The number of aliphatic hydroxyl groups is 1. The Bertz CT molecular complexity index is 293. The number of hydrogen-bond acceptors (Lipinski definition) is 3. The van der Waals surface area contributed by atoms with E-state index in [0.29, 0.717) is 18.5 Å². The topological polar surface area (TPSA) is 64.6 Å². The zero-order valence-corrected chi connectivity index (χ0v) is 10.7. The molecule has 3 saturated heterocycles. The maximum Gasteiger partial charge on any atom is 0.317 e. The number of nitrogens with zero attached hydrogens (tertiary/aromatic N) is 1. The van der Waals surface area contributed by atoms with E-state index in [0.717, 1.165) is 19.6 Å². The molecule has 3 aliphatic heterocycles. The molecule has 3 rings (SSSR count). The number of urea groups is 1. The van der Waals surface area contributed by atoms with Crippen molar-refractivity contribution in [3.8, 4) is 0 Å². The Balaban J connectivity index is 2.01. The average molecular weight is 241 g/mol. The Morgan fingerprint density at radius 1 is 1.53 bits per heavy atom. The summed E-state index contributed by atoms with van der Waals surface area (Å²) in [5.74, 6) is 0.545. The normalized spacial score (nSPS) is 31.1. The van der Waals surface area contributed by atoms with Crippen LogP contribution >= 0.6 is 0 Å². The molecule has 0 saturated carbocycles. The van der Waals surface area contributed by atoms with Crippen LogP contribution in [-0.4, -0.2) is 54.9 Å². The fraction of sp³-hybridized carbons (Fsp3) is 0.917. The van der Waals surface area contributed by atoms with E-state index in [9.17, 15) is 4.79 Å². The highest BCUT2D eigenvalue weighted by Gasteiger charge is 2.42. The van der Waals surface area contributed by atoms with Gasteiger partial charge in [0.25, 0.3) is 0 Å². The standard InChI is InChI=1S/C12H23N3O2/c1-12(2)5-9-6-14-10(12)8-15(7-9)11(17)13-3-4-16/h9-10,14,16H,3-8H2,1-2H3,(H,13,17). The fourth-order valence-corrected chi connectivity index (χ4v) is 3.03. The third kappa shape index (κ3) is 2.72. The second-order valence-electron chi connectivity index (χ2n) is 5.88. The number of rotatable bonds is 2. The van der Waals surface area contributed by atoms with Crippen molar-refractivity contribution in [2.75, 3.05) is 32.8 Å². The highest BCUT2D eigenvalue weighted by atomic mass is 16.3. The zero-order valence-electron chi connectivity index (χ0n) is 10.7. The van der Waals surface area contributed by atoms with Crippen molar-refractivity contribution in [2.24, 2.45) is 11.3 Å². The van der Waals surface area contributed by atoms with Gasteiger partial charge in [-0.25, -0.2) is 4.79 Å². The number of nitrogens with one attached hydrogen (secondary N) is 2. The average Bonchev–Trinajstić information content (AvgIpc) is 2.54. The second kappa shape index (κ2) is 4.82. The van der Waals surface area contributed by atoms with Crippen LogP contribution in [0, 0.1) is 11.3 Å². The van der Waals surface area contributed by atoms with Crippen molar-refractivity contribution in [2.45, 2.75) is 26.3 Å². The first-order valence-corrected chi connectivity index (χ1v) is 6.40. The fourth-order valence-electron chi connectivity index (χ4n) is 3.03. The quantitative estimate of drug-likeness (QED) is 0.638. The summed E-state index contributed by atoms with van der Waals surface area (Å²) < 4.78 is 0. The second-order valence-corrected chi connectivity index (χ2v) is 5.88. The van der Waals surface area contributed by atoms with E-state index in [-0.39, 0.29) is 18.1 Å². The van der Waals surface area contributed by atoms with Gasteiger partial charge in [0.2, 0.25) is 0 Å². The molecule has 2 unspecified atom stereocenters. The summed E-state index contributed by atoms with van der Waals surface area (Å²) >= 11 is 0. The summed E-state index contributed by atoms with van der Waals surface area (Å²) in [6.45, 7) is 7.47. The molecule has 2 bridgehead atoms. The Morgan fingerprint density at radius 2 is 2.29 bits per heavy atom. The molecular weight excluding hydrogens is 218 g/mol. The van der Waals surface area contributed by atoms with Gasteiger partial charge in [0.1, 0.15) is 0 Å². The van der Waals surface area contributed by atoms with Crippen molar-refractivity contribution >= 4 is 6.03 Å². The first-order chi connectivity index (χ1) is 8.03. The largest absolute Gasteiger partial charge is 0.395 e. The number of carbonyl (C=O) groups is 1. The molecule has 98 valence electrons. The molecule has 0 aromatic carbocycles. The van der Waals surface area contributed by atoms with Gasteiger partial charge in [-0.3, -0.25) is 0 Å². The van der Waals surface area contributed by atoms with E-state index < -0.39 is 0 Å². The van der Waals surface area contributed by atoms with Crippen molar-refractivity contribution < 1.29 is 9.90 Å². The first kappa shape index (κ1) is 12.6. The van der Waals surface area contributed by atoms with Gasteiger partial charge in [-0.1, -0.05) is 13.8 Å². The minimum absolute atomic E-state index is 0.00379. The van der Waals surface area contributed by atoms with Crippen LogP contribution in [0.25, 0.3) is 0 Å². The van der Waals surface area contributed by atoms with E-state index >= 15 is 0 Å². The van der Waals surface area contributed by atoms with Gasteiger partial charge < -0.3 is 20.6 Å². The third-order valence-electron chi connectivity index (χ3n) is 3.97. The monoisotopic (exact) mass is 241 g/mol. The molecule has 2 amide bonds. The van der Waals surface area contributed by atoms with Gasteiger partial charge in [-0.15, -0.1) is 0 Å². The van der Waals surface area contributed by atoms with Crippen LogP contribution in [0.2, 0.25) is 0 Å². The van der Waals surface area contributed by atoms with Crippen LogP contribution in [0.15, 0.2) is 0 Å². The van der Waals surface area contributed by atoms with Crippen molar-refractivity contribution in [3.05, 3.63) is 0 Å². The van der Waals surface area contributed by atoms with E-state index in [1.54, 1.807) is 0 Å². The Morgan fingerprint density at radius 3 is 2.94 bits per heavy atom. The van der Waals surface area contributed by atoms with Crippen molar-refractivity contribution in [1.29, 1.82) is 0 Å². The molecule has 0 aromatic rings. The molecule has 3 fully saturated rings. The lowest BCUT2D eigenvalue weighted by Gasteiger charge is -2.39. The maximum absolute atomic E-state index is 11.9. The lowest BCUT2D eigenvalue weighted by Crippen LogP contribution is -2.51. The van der Waals surface area contributed by atoms with Gasteiger partial charge >= 0.3 is 6.03 Å². The summed E-state index contributed by atoms with van der Waals surface area (Å²) in [5, 5.41) is 15.0. The molecule has 5 nitrogen and oxygen atoms in total. The number of aliphatic hydroxyl groups excluding tert-OH is 1. The molecule has 3 aliphatic rings. The molecule has 5 heteroatoms. The molecule has 17 heavy (non-hydrogen) atoms. The first-order valence-electron chi connectivity index (χ1n) is 6.40. The van der Waals surface area contributed by atoms with Crippen molar-refractivity contribution in [1.82, 2.24) is 15.5 Å². The number of amides is 2. The molecule has 0 aromatic heterocycles. The van der Waals surface area contributed by atoms with Crippen LogP contribution in [0.4, 0.5) is 4.79 Å². The number of carbonyl (C=O) groups excluding carboxylic acids is 1. The van der Waals surface area contributed by atoms with Crippen LogP contribution in [-0.2, 0) is 0 Å². The van der Waals surface area contributed by atoms with Crippen molar-refractivity contribution in [3.63, 3.8) is 0 Å². The van der Waals surface area contributed by atoms with E-state index in [1.165, 1.54) is 6.42 Å². The van der Waals surface area contributed by atoms with Gasteiger partial charge in [-0.2, -0.15) is 0 Å². The molecule has 0 aliphatic carbocycles. The number of hydrogen-bond donors (Lipinski definition) is 3. The minimum atomic E-state index is -0.0459. The SMILES string of the molecule is CC1(C)CC2CNC1CN(C(=O)NCCO)C2. The smallest absolute Gasteiger partial charge is 0.317 e. The Kier molecular flexibility index (Phi) is 3.58. The Labute approximate surface area is 103 Å². The number of fused-ring (bicyclic) bond motifs is 4.